The van der Waals surface area contributed by atoms with Gasteiger partial charge in [0.2, 0.25) is 0 Å². The summed E-state index contributed by atoms with van der Waals surface area (Å²) in [6, 6.07) is 17.0. The van der Waals surface area contributed by atoms with Crippen molar-refractivity contribution in [2.45, 2.75) is 13.5 Å². The van der Waals surface area contributed by atoms with Crippen molar-refractivity contribution < 1.29 is 4.74 Å². The average molecular weight is 377 g/mol. The number of rotatable bonds is 4. The molecular weight excluding hydrogens is 361 g/mol. The lowest BCUT2D eigenvalue weighted by Crippen LogP contribution is -1.98. The molecule has 2 nitrogen and oxygen atoms in total. The molecule has 0 N–H and O–H groups in total. The van der Waals surface area contributed by atoms with Crippen molar-refractivity contribution >= 4 is 33.5 Å². The molecule has 0 saturated heterocycles. The molecule has 0 unspecified atom stereocenters. The first-order chi connectivity index (χ1) is 9.78. The smallest absolute Gasteiger partial charge is 0.128 e. The first-order valence-corrected chi connectivity index (χ1v) is 7.81. The van der Waals surface area contributed by atoms with Crippen LogP contribution >= 0.6 is 22.6 Å². The zero-order valence-electron chi connectivity index (χ0n) is 11.3. The molecule has 0 spiro atoms. The topological polar surface area (TPSA) is 14.2 Å². The second-order valence-corrected chi connectivity index (χ2v) is 5.94. The number of hydrogen-bond donors (Lipinski definition) is 0. The van der Waals surface area contributed by atoms with E-state index in [0.29, 0.717) is 6.61 Å². The molecule has 0 atom stereocenters. The third-order valence-corrected chi connectivity index (χ3v) is 4.06. The Bertz CT molecular complexity index is 715. The number of fused-ring (bicyclic) bond motifs is 1. The Morgan fingerprint density at radius 3 is 2.60 bits per heavy atom. The average Bonchev–Trinajstić information content (AvgIpc) is 2.86. The first-order valence-electron chi connectivity index (χ1n) is 6.73. The fourth-order valence-corrected chi connectivity index (χ4v) is 2.76. The molecule has 0 fully saturated rings. The van der Waals surface area contributed by atoms with Crippen LogP contribution in [0.5, 0.6) is 5.75 Å². The van der Waals surface area contributed by atoms with E-state index in [4.69, 9.17) is 4.74 Å². The minimum Gasteiger partial charge on any atom is -0.493 e. The van der Waals surface area contributed by atoms with Crippen molar-refractivity contribution in [3.05, 3.63) is 63.9 Å². The Morgan fingerprint density at radius 2 is 1.85 bits per heavy atom. The zero-order valence-corrected chi connectivity index (χ0v) is 13.5. The van der Waals surface area contributed by atoms with Crippen molar-refractivity contribution in [3.63, 3.8) is 0 Å². The molecular formula is C17H16INO. The fraction of sp³-hybridized carbons (Fsp3) is 0.176. The summed E-state index contributed by atoms with van der Waals surface area (Å²) in [6.07, 6.45) is 2.13. The summed E-state index contributed by atoms with van der Waals surface area (Å²) in [4.78, 5) is 0. The number of nitrogens with zero attached hydrogens (tertiary/aromatic N) is 1. The Labute approximate surface area is 132 Å². The van der Waals surface area contributed by atoms with Gasteiger partial charge in [-0.3, -0.25) is 0 Å². The maximum atomic E-state index is 5.68. The van der Waals surface area contributed by atoms with Crippen LogP contribution in [0.2, 0.25) is 0 Å². The summed E-state index contributed by atoms with van der Waals surface area (Å²) < 4.78 is 9.21. The SMILES string of the molecule is CCOc1cccc2c1ccn2Cc1ccc(I)cc1. The lowest BCUT2D eigenvalue weighted by molar-refractivity contribution is 0.344. The maximum absolute atomic E-state index is 5.68. The van der Waals surface area contributed by atoms with Crippen molar-refractivity contribution in [1.29, 1.82) is 0 Å². The van der Waals surface area contributed by atoms with Crippen LogP contribution in [0.3, 0.4) is 0 Å². The summed E-state index contributed by atoms with van der Waals surface area (Å²) in [5.41, 5.74) is 2.53. The van der Waals surface area contributed by atoms with E-state index >= 15 is 0 Å². The van der Waals surface area contributed by atoms with Crippen molar-refractivity contribution in [1.82, 2.24) is 4.57 Å². The van der Waals surface area contributed by atoms with Crippen LogP contribution < -0.4 is 4.74 Å². The van der Waals surface area contributed by atoms with Crippen LogP contribution in [0.25, 0.3) is 10.9 Å². The highest BCUT2D eigenvalue weighted by molar-refractivity contribution is 14.1. The highest BCUT2D eigenvalue weighted by atomic mass is 127. The molecule has 2 aromatic carbocycles. The molecule has 20 heavy (non-hydrogen) atoms. The molecule has 0 bridgehead atoms. The Kier molecular flexibility index (Phi) is 3.96. The summed E-state index contributed by atoms with van der Waals surface area (Å²) in [5, 5.41) is 1.18. The van der Waals surface area contributed by atoms with Gasteiger partial charge < -0.3 is 9.30 Å². The molecule has 1 heterocycles. The predicted molar refractivity (Wildman–Crippen MR) is 91.4 cm³/mol. The monoisotopic (exact) mass is 377 g/mol. The van der Waals surface area contributed by atoms with Gasteiger partial charge in [0.25, 0.3) is 0 Å². The first kappa shape index (κ1) is 13.5. The van der Waals surface area contributed by atoms with Gasteiger partial charge in [0.05, 0.1) is 12.1 Å². The summed E-state index contributed by atoms with van der Waals surface area (Å²) in [6.45, 7) is 3.60. The lowest BCUT2D eigenvalue weighted by Gasteiger charge is -2.08. The van der Waals surface area contributed by atoms with E-state index < -0.39 is 0 Å². The Morgan fingerprint density at radius 1 is 1.05 bits per heavy atom. The number of aromatic nitrogens is 1. The number of benzene rings is 2. The van der Waals surface area contributed by atoms with Crippen LogP contribution in [0.4, 0.5) is 0 Å². The molecule has 0 radical (unpaired) electrons. The molecule has 0 amide bonds. The summed E-state index contributed by atoms with van der Waals surface area (Å²) in [5.74, 6) is 0.964. The molecule has 3 aromatic rings. The minimum absolute atomic E-state index is 0.696. The van der Waals surface area contributed by atoms with Crippen molar-refractivity contribution in [2.75, 3.05) is 6.61 Å². The van der Waals surface area contributed by atoms with Gasteiger partial charge >= 0.3 is 0 Å². The quantitative estimate of drug-likeness (QED) is 0.602. The van der Waals surface area contributed by atoms with Gasteiger partial charge in [0.1, 0.15) is 5.75 Å². The molecule has 1 aromatic heterocycles. The number of halogens is 1. The third kappa shape index (κ3) is 2.68. The second-order valence-electron chi connectivity index (χ2n) is 4.69. The van der Waals surface area contributed by atoms with Gasteiger partial charge in [0.15, 0.2) is 0 Å². The second kappa shape index (κ2) is 5.87. The Balaban J connectivity index is 1.96. The van der Waals surface area contributed by atoms with Gasteiger partial charge in [0, 0.05) is 21.7 Å². The van der Waals surface area contributed by atoms with Gasteiger partial charge in [-0.2, -0.15) is 0 Å². The molecule has 0 aliphatic heterocycles. The number of hydrogen-bond acceptors (Lipinski definition) is 1. The molecule has 0 aliphatic rings. The van der Waals surface area contributed by atoms with Crippen LogP contribution in [0.15, 0.2) is 54.7 Å². The van der Waals surface area contributed by atoms with Crippen LogP contribution in [0, 0.1) is 3.57 Å². The van der Waals surface area contributed by atoms with E-state index in [-0.39, 0.29) is 0 Å². The largest absolute Gasteiger partial charge is 0.493 e. The minimum atomic E-state index is 0.696. The van der Waals surface area contributed by atoms with Gasteiger partial charge in [-0.1, -0.05) is 18.2 Å². The molecule has 0 aliphatic carbocycles. The third-order valence-electron chi connectivity index (χ3n) is 3.34. The molecule has 102 valence electrons. The summed E-state index contributed by atoms with van der Waals surface area (Å²) >= 11 is 2.33. The predicted octanol–water partition coefficient (Wildman–Crippen LogP) is 4.69. The Hall–Kier alpha value is -1.49. The van der Waals surface area contributed by atoms with Gasteiger partial charge in [-0.25, -0.2) is 0 Å². The normalized spacial score (nSPS) is 10.9. The van der Waals surface area contributed by atoms with Crippen molar-refractivity contribution in [2.24, 2.45) is 0 Å². The highest BCUT2D eigenvalue weighted by Crippen LogP contribution is 2.27. The summed E-state index contributed by atoms with van der Waals surface area (Å²) in [7, 11) is 0. The highest BCUT2D eigenvalue weighted by Gasteiger charge is 2.06. The van der Waals surface area contributed by atoms with E-state index in [0.717, 1.165) is 12.3 Å². The standard InChI is InChI=1S/C17H16INO/c1-2-20-17-5-3-4-16-15(17)10-11-19(16)12-13-6-8-14(18)9-7-13/h3-11H,2,12H2,1H3. The number of ether oxygens (including phenoxy) is 1. The van der Waals surface area contributed by atoms with Crippen LogP contribution in [-0.2, 0) is 6.54 Å². The van der Waals surface area contributed by atoms with Crippen LogP contribution in [-0.4, -0.2) is 11.2 Å². The van der Waals surface area contributed by atoms with Gasteiger partial charge in [-0.15, -0.1) is 0 Å². The van der Waals surface area contributed by atoms with Crippen LogP contribution in [0.1, 0.15) is 12.5 Å². The fourth-order valence-electron chi connectivity index (χ4n) is 2.40. The van der Waals surface area contributed by atoms with E-state index in [1.165, 1.54) is 20.0 Å². The van der Waals surface area contributed by atoms with E-state index in [1.807, 2.05) is 13.0 Å². The van der Waals surface area contributed by atoms with E-state index in [9.17, 15) is 0 Å². The maximum Gasteiger partial charge on any atom is 0.128 e. The molecule has 3 rings (SSSR count). The van der Waals surface area contributed by atoms with Crippen molar-refractivity contribution in [3.8, 4) is 5.75 Å². The lowest BCUT2D eigenvalue weighted by atomic mass is 10.2. The molecule has 0 saturated carbocycles. The van der Waals surface area contributed by atoms with E-state index in [2.05, 4.69) is 75.8 Å². The molecule has 3 heteroatoms. The van der Waals surface area contributed by atoms with E-state index in [1.54, 1.807) is 0 Å². The zero-order chi connectivity index (χ0) is 13.9. The van der Waals surface area contributed by atoms with Gasteiger partial charge in [-0.05, 0) is 65.4 Å².